The average Bonchev–Trinajstić information content (AvgIpc) is 3.09. The van der Waals surface area contributed by atoms with Crippen LogP contribution in [-0.2, 0) is 14.0 Å². The largest absolute Gasteiger partial charge is 0.491 e. The summed E-state index contributed by atoms with van der Waals surface area (Å²) in [7, 11) is -3.95. The van der Waals surface area contributed by atoms with Crippen molar-refractivity contribution in [2.45, 2.75) is 133 Å². The summed E-state index contributed by atoms with van der Waals surface area (Å²) in [5, 5.41) is 10.8. The number of benzene rings is 1. The van der Waals surface area contributed by atoms with Gasteiger partial charge in [-0.25, -0.2) is 4.79 Å². The van der Waals surface area contributed by atoms with Crippen LogP contribution in [0.1, 0.15) is 73.5 Å². The van der Waals surface area contributed by atoms with E-state index in [1.165, 1.54) is 58.9 Å². The SMILES string of the molecule is CCOC(=O)/C(C)=C(\C)[C@@H](C)[C@H](O)c1ccc(OCCO[Si](CCC(F)(F)C(F)(F)C(F)(F)C(F)(F)C(F)(F)C(F)(F)C(F)(F)C(F)(F)F)(C(C)C)C(C)C)cc1. The zero-order chi connectivity index (χ0) is 45.2. The molecule has 0 heterocycles. The standard InChI is InChI=1S/C34H43F17O5Si/c1-9-54-26(53)22(8)20(6)21(7)25(52)23-10-12-24(13-11-23)55-15-16-56-57(18(2)3,19(4)5)17-14-27(35,36)28(37,38)29(39,40)30(41,42)31(43,44)32(45,46)33(47,48)34(49,50)51/h10-13,18-19,21,25,52H,9,14-17H2,1-8H3/b22-20+/t21-,25+/m1/s1. The zero-order valence-corrected chi connectivity index (χ0v) is 32.7. The van der Waals surface area contributed by atoms with Crippen molar-refractivity contribution >= 4 is 14.3 Å². The Labute approximate surface area is 318 Å². The number of carbonyl (C=O) groups is 1. The van der Waals surface area contributed by atoms with Crippen molar-refractivity contribution in [3.63, 3.8) is 0 Å². The van der Waals surface area contributed by atoms with E-state index in [9.17, 15) is 84.5 Å². The number of carbonyl (C=O) groups excluding carboxylic acids is 1. The fourth-order valence-electron chi connectivity index (χ4n) is 5.77. The van der Waals surface area contributed by atoms with Crippen LogP contribution in [0.2, 0.25) is 17.1 Å². The van der Waals surface area contributed by atoms with Crippen molar-refractivity contribution in [2.24, 2.45) is 5.92 Å². The van der Waals surface area contributed by atoms with E-state index in [0.29, 0.717) is 16.7 Å². The molecule has 1 N–H and O–H groups in total. The third kappa shape index (κ3) is 9.64. The van der Waals surface area contributed by atoms with E-state index in [0.717, 1.165) is 0 Å². The van der Waals surface area contributed by atoms with Gasteiger partial charge in [0.1, 0.15) is 12.4 Å². The molecule has 0 unspecified atom stereocenters. The second-order valence-corrected chi connectivity index (χ2v) is 18.9. The summed E-state index contributed by atoms with van der Waals surface area (Å²) < 4.78 is 251. The lowest BCUT2D eigenvalue weighted by Crippen LogP contribution is -2.74. The number of aliphatic hydroxyl groups excluding tert-OH is 1. The molecule has 0 aliphatic carbocycles. The first-order valence-electron chi connectivity index (χ1n) is 17.0. The van der Waals surface area contributed by atoms with Gasteiger partial charge < -0.3 is 19.0 Å². The van der Waals surface area contributed by atoms with E-state index in [1.54, 1.807) is 20.8 Å². The van der Waals surface area contributed by atoms with Crippen LogP contribution in [0, 0.1) is 5.92 Å². The molecule has 0 aliphatic heterocycles. The summed E-state index contributed by atoms with van der Waals surface area (Å²) in [5.74, 6) is -57.6. The number of halogens is 17. The van der Waals surface area contributed by atoms with Gasteiger partial charge in [0.2, 0.25) is 0 Å². The Morgan fingerprint density at radius 2 is 1.09 bits per heavy atom. The normalized spacial score (nSPS) is 16.1. The van der Waals surface area contributed by atoms with Gasteiger partial charge in [-0.05, 0) is 55.6 Å². The minimum Gasteiger partial charge on any atom is -0.491 e. The highest BCUT2D eigenvalue weighted by molar-refractivity contribution is 6.76. The molecule has 1 aromatic rings. The number of hydrogen-bond donors (Lipinski definition) is 1. The van der Waals surface area contributed by atoms with Gasteiger partial charge in [0.05, 0.1) is 19.3 Å². The van der Waals surface area contributed by atoms with Gasteiger partial charge in [0, 0.05) is 17.9 Å². The molecule has 0 radical (unpaired) electrons. The Morgan fingerprint density at radius 1 is 0.667 bits per heavy atom. The van der Waals surface area contributed by atoms with Crippen LogP contribution < -0.4 is 4.74 Å². The van der Waals surface area contributed by atoms with Gasteiger partial charge in [-0.3, -0.25) is 0 Å². The molecular formula is C34H43F17O5Si. The van der Waals surface area contributed by atoms with Crippen molar-refractivity contribution in [2.75, 3.05) is 19.8 Å². The maximum absolute atomic E-state index is 14.9. The first-order chi connectivity index (χ1) is 25.4. The number of esters is 1. The lowest BCUT2D eigenvalue weighted by Gasteiger charge is -2.44. The molecule has 1 aromatic carbocycles. The van der Waals surface area contributed by atoms with Crippen LogP contribution in [0.5, 0.6) is 5.75 Å². The molecule has 5 nitrogen and oxygen atoms in total. The highest BCUT2D eigenvalue weighted by Gasteiger charge is 2.95. The molecule has 57 heavy (non-hydrogen) atoms. The third-order valence-corrected chi connectivity index (χ3v) is 15.5. The van der Waals surface area contributed by atoms with Crippen molar-refractivity contribution in [1.82, 2.24) is 0 Å². The molecule has 0 amide bonds. The van der Waals surface area contributed by atoms with E-state index in [1.807, 2.05) is 0 Å². The van der Waals surface area contributed by atoms with Gasteiger partial charge in [-0.2, -0.15) is 74.6 Å². The Bertz CT molecular complexity index is 1520. The molecule has 0 spiro atoms. The number of aliphatic hydroxyl groups is 1. The first kappa shape index (κ1) is 52.2. The molecule has 0 saturated carbocycles. The van der Waals surface area contributed by atoms with Gasteiger partial charge in [0.15, 0.2) is 8.32 Å². The van der Waals surface area contributed by atoms with E-state index in [4.69, 9.17) is 13.9 Å². The third-order valence-electron chi connectivity index (χ3n) is 9.85. The van der Waals surface area contributed by atoms with Gasteiger partial charge in [-0.1, -0.05) is 52.3 Å². The van der Waals surface area contributed by atoms with Crippen LogP contribution in [0.3, 0.4) is 0 Å². The Morgan fingerprint density at radius 3 is 1.49 bits per heavy atom. The fourth-order valence-corrected chi connectivity index (χ4v) is 10.2. The van der Waals surface area contributed by atoms with E-state index < -0.39 is 104 Å². The van der Waals surface area contributed by atoms with Crippen LogP contribution in [0.4, 0.5) is 74.6 Å². The smallest absolute Gasteiger partial charge is 0.460 e. The maximum Gasteiger partial charge on any atom is 0.460 e. The molecule has 0 fully saturated rings. The number of hydrogen-bond acceptors (Lipinski definition) is 5. The number of rotatable bonds is 21. The number of ether oxygens (including phenoxy) is 2. The van der Waals surface area contributed by atoms with Crippen LogP contribution >= 0.6 is 0 Å². The molecule has 332 valence electrons. The van der Waals surface area contributed by atoms with E-state index >= 15 is 0 Å². The van der Waals surface area contributed by atoms with E-state index in [-0.39, 0.29) is 19.0 Å². The summed E-state index contributed by atoms with van der Waals surface area (Å²) >= 11 is 0. The summed E-state index contributed by atoms with van der Waals surface area (Å²) in [4.78, 5) is 12.1. The Balaban J connectivity index is 3.25. The lowest BCUT2D eigenvalue weighted by atomic mass is 9.88. The van der Waals surface area contributed by atoms with E-state index in [2.05, 4.69) is 0 Å². The summed E-state index contributed by atoms with van der Waals surface area (Å²) in [6.45, 7) is 11.0. The summed E-state index contributed by atoms with van der Waals surface area (Å²) in [6.07, 6.45) is -11.5. The second kappa shape index (κ2) is 17.8. The maximum atomic E-state index is 14.9. The molecular weight excluding hydrogens is 839 g/mol. The van der Waals surface area contributed by atoms with Crippen molar-refractivity contribution in [1.29, 1.82) is 0 Å². The minimum absolute atomic E-state index is 0.140. The van der Waals surface area contributed by atoms with Crippen molar-refractivity contribution in [3.8, 4) is 5.75 Å². The molecule has 1 rings (SSSR count). The quantitative estimate of drug-likeness (QED) is 0.0438. The molecule has 0 bridgehead atoms. The summed E-state index contributed by atoms with van der Waals surface area (Å²) in [5.41, 5.74) is -0.472. The predicted octanol–water partition coefficient (Wildman–Crippen LogP) is 11.8. The van der Waals surface area contributed by atoms with Crippen LogP contribution in [-0.4, -0.2) is 86.8 Å². The highest BCUT2D eigenvalue weighted by Crippen LogP contribution is 2.64. The first-order valence-corrected chi connectivity index (χ1v) is 19.3. The zero-order valence-electron chi connectivity index (χ0n) is 31.7. The monoisotopic (exact) mass is 882 g/mol. The molecule has 0 saturated heterocycles. The lowest BCUT2D eigenvalue weighted by molar-refractivity contribution is -0.461. The topological polar surface area (TPSA) is 65.0 Å². The Hall–Kier alpha value is -2.82. The van der Waals surface area contributed by atoms with Gasteiger partial charge >= 0.3 is 53.6 Å². The number of alkyl halides is 17. The molecule has 23 heteroatoms. The minimum atomic E-state index is -8.68. The average molecular weight is 883 g/mol. The summed E-state index contributed by atoms with van der Waals surface area (Å²) in [6, 6.07) is 4.43. The second-order valence-electron chi connectivity index (χ2n) is 13.9. The van der Waals surface area contributed by atoms with Crippen molar-refractivity contribution in [3.05, 3.63) is 41.0 Å². The van der Waals surface area contributed by atoms with Gasteiger partial charge in [0.25, 0.3) is 0 Å². The highest BCUT2D eigenvalue weighted by atomic mass is 28.4. The molecule has 2 atom stereocenters. The van der Waals surface area contributed by atoms with Crippen LogP contribution in [0.15, 0.2) is 35.4 Å². The van der Waals surface area contributed by atoms with Crippen LogP contribution in [0.25, 0.3) is 0 Å². The fraction of sp³-hybridized carbons (Fsp3) is 0.735. The van der Waals surface area contributed by atoms with Crippen molar-refractivity contribution < 1.29 is 98.4 Å². The van der Waals surface area contributed by atoms with Gasteiger partial charge in [-0.15, -0.1) is 0 Å². The molecule has 0 aromatic heterocycles. The molecule has 0 aliphatic rings. The Kier molecular flexibility index (Phi) is 16.3. The predicted molar refractivity (Wildman–Crippen MR) is 173 cm³/mol.